The van der Waals surface area contributed by atoms with Crippen molar-refractivity contribution in [1.29, 1.82) is 0 Å². The number of hydrogen-bond donors (Lipinski definition) is 2. The zero-order valence-corrected chi connectivity index (χ0v) is 25.7. The third-order valence-corrected chi connectivity index (χ3v) is 10.1. The molecule has 0 fully saturated rings. The smallest absolute Gasteiger partial charge is 0.238 e. The normalized spacial score (nSPS) is 16.9. The van der Waals surface area contributed by atoms with E-state index in [9.17, 15) is 37.2 Å². The van der Waals surface area contributed by atoms with Gasteiger partial charge in [0.1, 0.15) is 0 Å². The van der Waals surface area contributed by atoms with E-state index in [2.05, 4.69) is 10.6 Å². The number of carbonyl (C=O) groups excluding carboxylic acids is 6. The molecule has 236 valence electrons. The summed E-state index contributed by atoms with van der Waals surface area (Å²) in [5, 5.41) is 5.23. The van der Waals surface area contributed by atoms with Crippen molar-refractivity contribution in [3.63, 3.8) is 0 Å². The predicted octanol–water partition coefficient (Wildman–Crippen LogP) is 3.23. The molecule has 0 saturated carbocycles. The van der Waals surface area contributed by atoms with Gasteiger partial charge in [0, 0.05) is 35.3 Å². The first kappa shape index (κ1) is 31.4. The number of fused-ring (bicyclic) bond motifs is 2. The van der Waals surface area contributed by atoms with E-state index in [1.807, 2.05) is 60.7 Å². The third-order valence-electron chi connectivity index (χ3n) is 8.35. The highest BCUT2D eigenvalue weighted by Crippen LogP contribution is 2.34. The van der Waals surface area contributed by atoms with Gasteiger partial charge in [-0.15, -0.1) is 0 Å². The number of amides is 2. The number of sulfone groups is 1. The van der Waals surface area contributed by atoms with Crippen molar-refractivity contribution in [3.8, 4) is 0 Å². The molecule has 4 aromatic rings. The predicted molar refractivity (Wildman–Crippen MR) is 169 cm³/mol. The van der Waals surface area contributed by atoms with Crippen molar-refractivity contribution in [2.24, 2.45) is 11.8 Å². The molecule has 6 rings (SSSR count). The lowest BCUT2D eigenvalue weighted by atomic mass is 10.0. The first-order valence-electron chi connectivity index (χ1n) is 14.9. The van der Waals surface area contributed by atoms with Crippen LogP contribution in [0.15, 0.2) is 107 Å². The first-order chi connectivity index (χ1) is 22.6. The van der Waals surface area contributed by atoms with Gasteiger partial charge in [0.25, 0.3) is 0 Å². The van der Waals surface area contributed by atoms with Crippen LogP contribution in [0.5, 0.6) is 0 Å². The molecule has 0 aromatic heterocycles. The molecule has 2 aliphatic rings. The minimum atomic E-state index is -4.36. The van der Waals surface area contributed by atoms with Crippen LogP contribution in [0.25, 0.3) is 0 Å². The molecule has 10 nitrogen and oxygen atoms in total. The van der Waals surface area contributed by atoms with Crippen LogP contribution in [-0.4, -0.2) is 56.5 Å². The summed E-state index contributed by atoms with van der Waals surface area (Å²) < 4.78 is 27.3. The van der Waals surface area contributed by atoms with Crippen molar-refractivity contribution in [2.75, 3.05) is 13.1 Å². The number of hydrogen-bond acceptors (Lipinski definition) is 8. The molecule has 2 unspecified atom stereocenters. The molecule has 0 saturated heterocycles. The fourth-order valence-corrected chi connectivity index (χ4v) is 7.16. The number of carbonyl (C=O) groups is 6. The number of nitrogens with one attached hydrogen (secondary N) is 2. The van der Waals surface area contributed by atoms with E-state index in [1.165, 1.54) is 12.1 Å². The average Bonchev–Trinajstić information content (AvgIpc) is 3.48. The summed E-state index contributed by atoms with van der Waals surface area (Å²) in [7, 11) is -4.36. The molecule has 0 aliphatic heterocycles. The largest absolute Gasteiger partial charge is 0.355 e. The summed E-state index contributed by atoms with van der Waals surface area (Å²) in [5.41, 5.74) is 1.41. The lowest BCUT2D eigenvalue weighted by molar-refractivity contribution is -0.123. The van der Waals surface area contributed by atoms with Gasteiger partial charge >= 0.3 is 0 Å². The van der Waals surface area contributed by atoms with Crippen LogP contribution in [0.3, 0.4) is 0 Å². The minimum Gasteiger partial charge on any atom is -0.355 e. The molecule has 2 aliphatic carbocycles. The van der Waals surface area contributed by atoms with Crippen LogP contribution in [-0.2, 0) is 32.3 Å². The maximum atomic E-state index is 13.6. The van der Waals surface area contributed by atoms with Crippen molar-refractivity contribution < 1.29 is 37.2 Å². The van der Waals surface area contributed by atoms with Gasteiger partial charge in [-0.05, 0) is 60.4 Å². The summed E-state index contributed by atoms with van der Waals surface area (Å²) >= 11 is 0. The summed E-state index contributed by atoms with van der Waals surface area (Å²) in [4.78, 5) is 77.4. The molecule has 2 N–H and O–H groups in total. The van der Waals surface area contributed by atoms with Gasteiger partial charge in [0.15, 0.2) is 35.0 Å². The van der Waals surface area contributed by atoms with Crippen LogP contribution in [0.4, 0.5) is 0 Å². The molecule has 11 heteroatoms. The molecule has 0 heterocycles. The molecule has 4 aromatic carbocycles. The Morgan fingerprint density at radius 3 is 1.26 bits per heavy atom. The maximum Gasteiger partial charge on any atom is 0.238 e. The molecule has 0 radical (unpaired) electrons. The van der Waals surface area contributed by atoms with Gasteiger partial charge in [0.05, 0.1) is 9.79 Å². The van der Waals surface area contributed by atoms with E-state index < -0.39 is 56.6 Å². The third kappa shape index (κ3) is 5.93. The lowest BCUT2D eigenvalue weighted by Crippen LogP contribution is -2.37. The highest BCUT2D eigenvalue weighted by Gasteiger charge is 2.45. The summed E-state index contributed by atoms with van der Waals surface area (Å²) in [6.45, 7) is 0.400. The average molecular weight is 649 g/mol. The second kappa shape index (κ2) is 12.7. The zero-order chi connectivity index (χ0) is 33.3. The Kier molecular flexibility index (Phi) is 8.48. The highest BCUT2D eigenvalue weighted by atomic mass is 32.2. The second-order valence-electron chi connectivity index (χ2n) is 11.3. The lowest BCUT2D eigenvalue weighted by Gasteiger charge is -2.09. The van der Waals surface area contributed by atoms with Gasteiger partial charge in [-0.25, -0.2) is 8.42 Å². The Bertz CT molecular complexity index is 1930. The topological polar surface area (TPSA) is 161 Å². The van der Waals surface area contributed by atoms with Gasteiger partial charge in [-0.3, -0.25) is 28.8 Å². The second-order valence-corrected chi connectivity index (χ2v) is 13.2. The van der Waals surface area contributed by atoms with E-state index in [0.29, 0.717) is 12.8 Å². The quantitative estimate of drug-likeness (QED) is 0.248. The van der Waals surface area contributed by atoms with Gasteiger partial charge < -0.3 is 10.6 Å². The fourth-order valence-electron chi connectivity index (χ4n) is 5.84. The number of Topliss-reactive ketones (excluding diaryl/α,β-unsaturated/α-hetero) is 4. The first-order valence-corrected chi connectivity index (χ1v) is 16.4. The fraction of sp³-hybridized carbons (Fsp3) is 0.167. The molecular formula is C36H28N2O8S. The van der Waals surface area contributed by atoms with Gasteiger partial charge in [-0.1, -0.05) is 60.7 Å². The molecular weight excluding hydrogens is 620 g/mol. The van der Waals surface area contributed by atoms with E-state index >= 15 is 0 Å². The van der Waals surface area contributed by atoms with E-state index in [-0.39, 0.29) is 45.1 Å². The van der Waals surface area contributed by atoms with Crippen LogP contribution < -0.4 is 10.6 Å². The summed E-state index contributed by atoms with van der Waals surface area (Å²) in [6, 6.07) is 25.5. The van der Waals surface area contributed by atoms with Crippen molar-refractivity contribution in [2.45, 2.75) is 22.6 Å². The Labute approximate surface area is 270 Å². The Hall–Kier alpha value is -5.55. The highest BCUT2D eigenvalue weighted by molar-refractivity contribution is 7.91. The van der Waals surface area contributed by atoms with Crippen LogP contribution in [0.2, 0.25) is 0 Å². The SMILES string of the molecule is O=C(NCCc1ccccc1)C1C(=O)c2ccc(S(=O)(=O)c3ccc4c(c3)C(=O)C(C(=O)NCCc3ccccc3)C4=O)cc2C1=O. The van der Waals surface area contributed by atoms with Gasteiger partial charge in [0.2, 0.25) is 21.7 Å². The van der Waals surface area contributed by atoms with Crippen LogP contribution >= 0.6 is 0 Å². The van der Waals surface area contributed by atoms with Crippen molar-refractivity contribution in [3.05, 3.63) is 130 Å². The maximum absolute atomic E-state index is 13.6. The Balaban J connectivity index is 1.16. The summed E-state index contributed by atoms with van der Waals surface area (Å²) in [6.07, 6.45) is 0.983. The van der Waals surface area contributed by atoms with Gasteiger partial charge in [-0.2, -0.15) is 0 Å². The zero-order valence-electron chi connectivity index (χ0n) is 24.9. The molecule has 2 amide bonds. The van der Waals surface area contributed by atoms with Crippen LogP contribution in [0, 0.1) is 11.8 Å². The molecule has 0 bridgehead atoms. The molecule has 0 spiro atoms. The van der Waals surface area contributed by atoms with E-state index in [1.54, 1.807) is 0 Å². The Morgan fingerprint density at radius 1 is 0.511 bits per heavy atom. The monoisotopic (exact) mass is 648 g/mol. The number of rotatable bonds is 10. The van der Waals surface area contributed by atoms with Crippen LogP contribution in [0.1, 0.15) is 52.6 Å². The minimum absolute atomic E-state index is 0.0620. The van der Waals surface area contributed by atoms with E-state index in [4.69, 9.17) is 0 Å². The molecule has 2 atom stereocenters. The van der Waals surface area contributed by atoms with E-state index in [0.717, 1.165) is 35.4 Å². The molecule has 47 heavy (non-hydrogen) atoms. The summed E-state index contributed by atoms with van der Waals surface area (Å²) in [5.74, 6) is -7.85. The van der Waals surface area contributed by atoms with Crippen molar-refractivity contribution >= 4 is 44.8 Å². The Morgan fingerprint density at radius 2 is 0.872 bits per heavy atom. The standard InChI is InChI=1S/C36H28N2O8S/c39-31-25-13-11-23(19-27(25)33(41)29(31)35(43)37-17-15-21-7-3-1-4-8-21)47(45,46)24-12-14-26-28(20-24)34(42)30(32(26)40)36(44)38-18-16-22-9-5-2-6-10-22/h1-14,19-20,29-30H,15-18H2,(H,37,43)(H,38,44). The number of ketones is 4. The van der Waals surface area contributed by atoms with Crippen molar-refractivity contribution in [1.82, 2.24) is 10.6 Å². The number of benzene rings is 4.